The van der Waals surface area contributed by atoms with E-state index in [1.165, 1.54) is 6.92 Å². The molecule has 0 spiro atoms. The summed E-state index contributed by atoms with van der Waals surface area (Å²) in [6.45, 7) is -1.18. The van der Waals surface area contributed by atoms with E-state index in [1.54, 1.807) is 0 Å². The van der Waals surface area contributed by atoms with E-state index in [0.29, 0.717) is 0 Å². The third-order valence-electron chi connectivity index (χ3n) is 1.76. The van der Waals surface area contributed by atoms with Crippen molar-refractivity contribution in [2.75, 3.05) is 19.8 Å². The third-order valence-corrected chi connectivity index (χ3v) is 1.76. The Morgan fingerprint density at radius 2 is 1.62 bits per heavy atom. The highest BCUT2D eigenvalue weighted by atomic mass is 19.4. The maximum absolute atomic E-state index is 11.7. The molecule has 0 unspecified atom stereocenters. The minimum Gasteiger partial charge on any atom is -0.393 e. The van der Waals surface area contributed by atoms with Crippen molar-refractivity contribution in [3.63, 3.8) is 0 Å². The van der Waals surface area contributed by atoms with Crippen LogP contribution in [0, 0.1) is 0 Å². The summed E-state index contributed by atoms with van der Waals surface area (Å²) in [5.41, 5.74) is -1.48. The number of ether oxygens (including phenoxy) is 1. The van der Waals surface area contributed by atoms with Gasteiger partial charge in [-0.15, -0.1) is 0 Å². The van der Waals surface area contributed by atoms with Crippen LogP contribution < -0.4 is 0 Å². The smallest absolute Gasteiger partial charge is 0.393 e. The molecule has 0 saturated heterocycles. The Morgan fingerprint density at radius 3 is 1.85 bits per heavy atom. The molecule has 0 saturated carbocycles. The fourth-order valence-corrected chi connectivity index (χ4v) is 0.702. The van der Waals surface area contributed by atoms with Crippen LogP contribution in [0.25, 0.3) is 0 Å². The van der Waals surface area contributed by atoms with Crippen LogP contribution in [-0.4, -0.2) is 41.8 Å². The molecule has 0 aliphatic rings. The molecular formula is C7H13F3O3. The van der Waals surface area contributed by atoms with E-state index >= 15 is 0 Å². The Hall–Kier alpha value is -0.330. The van der Waals surface area contributed by atoms with E-state index in [-0.39, 0.29) is 6.42 Å². The first-order valence-corrected chi connectivity index (χ1v) is 3.81. The number of alkyl halides is 3. The van der Waals surface area contributed by atoms with Gasteiger partial charge in [0.1, 0.15) is 12.2 Å². The highest BCUT2D eigenvalue weighted by Crippen LogP contribution is 2.21. The third kappa shape index (κ3) is 4.44. The summed E-state index contributed by atoms with van der Waals surface area (Å²) in [6, 6.07) is 0. The summed E-state index contributed by atoms with van der Waals surface area (Å²) in [4.78, 5) is 0. The van der Waals surface area contributed by atoms with Gasteiger partial charge in [0.2, 0.25) is 0 Å². The van der Waals surface area contributed by atoms with Crippen LogP contribution >= 0.6 is 0 Å². The number of rotatable bonds is 5. The highest BCUT2D eigenvalue weighted by Gasteiger charge is 2.35. The van der Waals surface area contributed by atoms with Crippen LogP contribution in [0.4, 0.5) is 13.2 Å². The summed E-state index contributed by atoms with van der Waals surface area (Å²) < 4.78 is 39.5. The topological polar surface area (TPSA) is 49.7 Å². The second-order valence-corrected chi connectivity index (χ2v) is 2.76. The zero-order valence-corrected chi connectivity index (χ0v) is 7.26. The monoisotopic (exact) mass is 202 g/mol. The fraction of sp³-hybridized carbons (Fsp3) is 1.00. The molecule has 6 heteroatoms. The highest BCUT2D eigenvalue weighted by molar-refractivity contribution is 4.77. The van der Waals surface area contributed by atoms with Crippen molar-refractivity contribution in [2.45, 2.75) is 25.1 Å². The molecule has 80 valence electrons. The number of aliphatic hydroxyl groups is 2. The maximum Gasteiger partial charge on any atom is 0.411 e. The first-order chi connectivity index (χ1) is 5.89. The zero-order chi connectivity index (χ0) is 10.5. The molecular weight excluding hydrogens is 189 g/mol. The van der Waals surface area contributed by atoms with Gasteiger partial charge in [0.15, 0.2) is 0 Å². The molecule has 0 fully saturated rings. The molecule has 0 aliphatic carbocycles. The van der Waals surface area contributed by atoms with E-state index < -0.39 is 31.6 Å². The normalized spacial score (nSPS) is 13.4. The number of hydrogen-bond acceptors (Lipinski definition) is 3. The van der Waals surface area contributed by atoms with E-state index in [9.17, 15) is 13.2 Å². The molecule has 0 aromatic carbocycles. The Kier molecular flexibility index (Phi) is 4.66. The number of aliphatic hydroxyl groups excluding tert-OH is 2. The molecule has 0 aromatic rings. The van der Waals surface area contributed by atoms with Gasteiger partial charge in [-0.2, -0.15) is 13.2 Å². The Labute approximate surface area is 74.1 Å². The van der Waals surface area contributed by atoms with Crippen molar-refractivity contribution in [1.29, 1.82) is 0 Å². The average Bonchev–Trinajstić information content (AvgIpc) is 2.06. The zero-order valence-electron chi connectivity index (χ0n) is 7.26. The van der Waals surface area contributed by atoms with Crippen molar-refractivity contribution >= 4 is 0 Å². The quantitative estimate of drug-likeness (QED) is 0.689. The van der Waals surface area contributed by atoms with E-state index in [0.717, 1.165) is 0 Å². The average molecular weight is 202 g/mol. The van der Waals surface area contributed by atoms with Crippen LogP contribution in [0.2, 0.25) is 0 Å². The van der Waals surface area contributed by atoms with Crippen LogP contribution in [0.1, 0.15) is 13.3 Å². The van der Waals surface area contributed by atoms with Gasteiger partial charge in [-0.3, -0.25) is 0 Å². The van der Waals surface area contributed by atoms with Crippen molar-refractivity contribution < 1.29 is 28.1 Å². The molecule has 0 rings (SSSR count). The standard InChI is InChI=1S/C7H13F3O3/c1-2-6(3-11,4-12)13-5-7(8,9)10/h11-12H,2-5H2,1H3. The van der Waals surface area contributed by atoms with E-state index in [1.807, 2.05) is 0 Å². The number of halogens is 3. The molecule has 0 atom stereocenters. The van der Waals surface area contributed by atoms with Crippen LogP contribution in [0.15, 0.2) is 0 Å². The Bertz CT molecular complexity index is 134. The predicted octanol–water partition coefficient (Wildman–Crippen LogP) is 0.699. The Balaban J connectivity index is 4.11. The van der Waals surface area contributed by atoms with Gasteiger partial charge in [0, 0.05) is 0 Å². The van der Waals surface area contributed by atoms with Gasteiger partial charge in [0.05, 0.1) is 13.2 Å². The summed E-state index contributed by atoms with van der Waals surface area (Å²) in [7, 11) is 0. The van der Waals surface area contributed by atoms with Gasteiger partial charge < -0.3 is 14.9 Å². The Morgan fingerprint density at radius 1 is 1.15 bits per heavy atom. The second-order valence-electron chi connectivity index (χ2n) is 2.76. The van der Waals surface area contributed by atoms with Crippen LogP contribution in [0.5, 0.6) is 0 Å². The van der Waals surface area contributed by atoms with Crippen molar-refractivity contribution in [3.05, 3.63) is 0 Å². The summed E-state index contributed by atoms with van der Waals surface area (Å²) in [6.07, 6.45) is -4.32. The lowest BCUT2D eigenvalue weighted by Crippen LogP contribution is -2.42. The lowest BCUT2D eigenvalue weighted by Gasteiger charge is -2.29. The SMILES string of the molecule is CCC(CO)(CO)OCC(F)(F)F. The van der Waals surface area contributed by atoms with Crippen molar-refractivity contribution in [2.24, 2.45) is 0 Å². The second kappa shape index (κ2) is 4.78. The summed E-state index contributed by atoms with van der Waals surface area (Å²) in [5.74, 6) is 0. The minimum atomic E-state index is -4.44. The van der Waals surface area contributed by atoms with E-state index in [4.69, 9.17) is 10.2 Å². The summed E-state index contributed by atoms with van der Waals surface area (Å²) >= 11 is 0. The van der Waals surface area contributed by atoms with Gasteiger partial charge in [0.25, 0.3) is 0 Å². The fourth-order valence-electron chi connectivity index (χ4n) is 0.702. The molecule has 0 bridgehead atoms. The van der Waals surface area contributed by atoms with Gasteiger partial charge >= 0.3 is 6.18 Å². The lowest BCUT2D eigenvalue weighted by atomic mass is 10.0. The summed E-state index contributed by atoms with van der Waals surface area (Å²) in [5, 5.41) is 17.4. The maximum atomic E-state index is 11.7. The van der Waals surface area contributed by atoms with Crippen LogP contribution in [-0.2, 0) is 4.74 Å². The first-order valence-electron chi connectivity index (χ1n) is 3.81. The molecule has 0 aromatic heterocycles. The predicted molar refractivity (Wildman–Crippen MR) is 39.2 cm³/mol. The lowest BCUT2D eigenvalue weighted by molar-refractivity contribution is -0.219. The molecule has 3 nitrogen and oxygen atoms in total. The van der Waals surface area contributed by atoms with Crippen molar-refractivity contribution in [3.8, 4) is 0 Å². The first kappa shape index (κ1) is 12.7. The van der Waals surface area contributed by atoms with Gasteiger partial charge in [-0.05, 0) is 6.42 Å². The molecule has 0 heterocycles. The van der Waals surface area contributed by atoms with Gasteiger partial charge in [-0.1, -0.05) is 6.92 Å². The van der Waals surface area contributed by atoms with Gasteiger partial charge in [-0.25, -0.2) is 0 Å². The molecule has 0 radical (unpaired) electrons. The molecule has 0 aliphatic heterocycles. The minimum absolute atomic E-state index is 0.121. The largest absolute Gasteiger partial charge is 0.411 e. The van der Waals surface area contributed by atoms with Crippen LogP contribution in [0.3, 0.4) is 0 Å². The van der Waals surface area contributed by atoms with Crippen molar-refractivity contribution in [1.82, 2.24) is 0 Å². The molecule has 0 amide bonds. The van der Waals surface area contributed by atoms with E-state index in [2.05, 4.69) is 4.74 Å². The number of hydrogen-bond donors (Lipinski definition) is 2. The molecule has 13 heavy (non-hydrogen) atoms. The molecule has 2 N–H and O–H groups in total.